The molecule has 1 fully saturated rings. The Bertz CT molecular complexity index is 740. The highest BCUT2D eigenvalue weighted by atomic mass is 16.5. The molecule has 1 aliphatic heterocycles. The van der Waals surface area contributed by atoms with Gasteiger partial charge in [-0.3, -0.25) is 0 Å². The quantitative estimate of drug-likeness (QED) is 0.772. The number of rotatable bonds is 3. The third kappa shape index (κ3) is 2.98. The lowest BCUT2D eigenvalue weighted by molar-refractivity contribution is -0.509. The van der Waals surface area contributed by atoms with Crippen LogP contribution >= 0.6 is 0 Å². The molecule has 0 N–H and O–H groups in total. The average Bonchev–Trinajstić information content (AvgIpc) is 3.17. The lowest BCUT2D eigenvalue weighted by Gasteiger charge is -2.26. The van der Waals surface area contributed by atoms with E-state index in [1.807, 2.05) is 0 Å². The van der Waals surface area contributed by atoms with E-state index in [-0.39, 0.29) is 0 Å². The Morgan fingerprint density at radius 1 is 1.00 bits per heavy atom. The van der Waals surface area contributed by atoms with Crippen LogP contribution in [0.15, 0.2) is 48.5 Å². The van der Waals surface area contributed by atoms with Gasteiger partial charge in [-0.05, 0) is 41.7 Å². The molecule has 0 bridgehead atoms. The van der Waals surface area contributed by atoms with Gasteiger partial charge in [-0.1, -0.05) is 36.4 Å². The Hall–Kier alpha value is -2.09. The van der Waals surface area contributed by atoms with Crippen LogP contribution in [0, 0.1) is 0 Å². The third-order valence-corrected chi connectivity index (χ3v) is 5.57. The van der Waals surface area contributed by atoms with E-state index in [1.165, 1.54) is 49.0 Å². The Kier molecular flexibility index (Phi) is 4.38. The van der Waals surface area contributed by atoms with E-state index in [1.54, 1.807) is 12.8 Å². The zero-order valence-corrected chi connectivity index (χ0v) is 14.5. The van der Waals surface area contributed by atoms with Gasteiger partial charge in [0.1, 0.15) is 18.8 Å². The van der Waals surface area contributed by atoms with E-state index < -0.39 is 0 Å². The minimum Gasteiger partial charge on any atom is -0.497 e. The summed E-state index contributed by atoms with van der Waals surface area (Å²) in [7, 11) is 1.76. The number of fused-ring (bicyclic) bond motifs is 1. The average molecular weight is 320 g/mol. The van der Waals surface area contributed by atoms with Crippen LogP contribution < -0.4 is 4.74 Å². The number of benzene rings is 2. The fourth-order valence-electron chi connectivity index (χ4n) is 4.34. The van der Waals surface area contributed by atoms with Crippen molar-refractivity contribution in [1.29, 1.82) is 0 Å². The van der Waals surface area contributed by atoms with Crippen LogP contribution in [0.1, 0.15) is 41.9 Å². The summed E-state index contributed by atoms with van der Waals surface area (Å²) >= 11 is 0. The molecule has 2 aliphatic rings. The minimum absolute atomic E-state index is 0.514. The van der Waals surface area contributed by atoms with Crippen LogP contribution in [-0.4, -0.2) is 30.5 Å². The second kappa shape index (κ2) is 6.80. The maximum Gasteiger partial charge on any atom is 0.160 e. The van der Waals surface area contributed by atoms with Crippen LogP contribution in [0.4, 0.5) is 0 Å². The second-order valence-electron chi connectivity index (χ2n) is 6.99. The SMILES string of the molecule is COc1ccc2c(c1)CCC(=[N+]1CCCC1)C2Cc1ccccc1. The molecule has 124 valence electrons. The van der Waals surface area contributed by atoms with Gasteiger partial charge in [-0.15, -0.1) is 0 Å². The Morgan fingerprint density at radius 2 is 1.79 bits per heavy atom. The lowest BCUT2D eigenvalue weighted by Crippen LogP contribution is -2.31. The summed E-state index contributed by atoms with van der Waals surface area (Å²) in [4.78, 5) is 0. The normalized spacial score (nSPS) is 20.1. The lowest BCUT2D eigenvalue weighted by atomic mass is 9.77. The highest BCUT2D eigenvalue weighted by Crippen LogP contribution is 2.35. The molecular weight excluding hydrogens is 294 g/mol. The molecule has 1 unspecified atom stereocenters. The van der Waals surface area contributed by atoms with E-state index in [4.69, 9.17) is 4.74 Å². The number of nitrogens with zero attached hydrogens (tertiary/aromatic N) is 1. The molecular formula is C22H26NO+. The van der Waals surface area contributed by atoms with E-state index in [2.05, 4.69) is 53.1 Å². The fourth-order valence-corrected chi connectivity index (χ4v) is 4.34. The first-order valence-corrected chi connectivity index (χ1v) is 9.16. The summed E-state index contributed by atoms with van der Waals surface area (Å²) in [5, 5.41) is 0. The Morgan fingerprint density at radius 3 is 2.54 bits per heavy atom. The van der Waals surface area contributed by atoms with E-state index >= 15 is 0 Å². The predicted molar refractivity (Wildman–Crippen MR) is 98.4 cm³/mol. The first-order valence-electron chi connectivity index (χ1n) is 9.16. The van der Waals surface area contributed by atoms with Gasteiger partial charge in [0.15, 0.2) is 5.71 Å². The highest BCUT2D eigenvalue weighted by Gasteiger charge is 2.33. The molecule has 24 heavy (non-hydrogen) atoms. The number of aryl methyl sites for hydroxylation is 1. The predicted octanol–water partition coefficient (Wildman–Crippen LogP) is 4.22. The van der Waals surface area contributed by atoms with Crippen molar-refractivity contribution < 1.29 is 9.31 Å². The van der Waals surface area contributed by atoms with Gasteiger partial charge < -0.3 is 4.74 Å². The van der Waals surface area contributed by atoms with Gasteiger partial charge in [0, 0.05) is 19.3 Å². The summed E-state index contributed by atoms with van der Waals surface area (Å²) in [6.45, 7) is 2.48. The summed E-state index contributed by atoms with van der Waals surface area (Å²) in [6.07, 6.45) is 6.13. The first-order chi connectivity index (χ1) is 11.8. The molecule has 1 atom stereocenters. The van der Waals surface area contributed by atoms with Crippen LogP contribution in [0.5, 0.6) is 5.75 Å². The second-order valence-corrected chi connectivity index (χ2v) is 6.99. The number of hydrogen-bond donors (Lipinski definition) is 0. The zero-order chi connectivity index (χ0) is 16.4. The van der Waals surface area contributed by atoms with Gasteiger partial charge in [0.2, 0.25) is 0 Å². The third-order valence-electron chi connectivity index (χ3n) is 5.57. The summed E-state index contributed by atoms with van der Waals surface area (Å²) in [5.74, 6) is 1.50. The van der Waals surface area contributed by atoms with Crippen LogP contribution in [0.25, 0.3) is 0 Å². The standard InChI is InChI=1S/C22H26NO/c1-24-19-10-11-20-18(16-19)9-12-22(23-13-5-6-14-23)21(20)15-17-7-3-2-4-8-17/h2-4,7-8,10-11,16,21H,5-6,9,12-15H2,1H3/q+1. The fraction of sp³-hybridized carbons (Fsp3) is 0.409. The van der Waals surface area contributed by atoms with Gasteiger partial charge in [0.25, 0.3) is 0 Å². The Labute approximate surface area is 144 Å². The number of methoxy groups -OCH3 is 1. The van der Waals surface area contributed by atoms with Crippen molar-refractivity contribution in [1.82, 2.24) is 0 Å². The topological polar surface area (TPSA) is 12.2 Å². The maximum absolute atomic E-state index is 5.44. The minimum atomic E-state index is 0.514. The van der Waals surface area contributed by atoms with E-state index in [9.17, 15) is 0 Å². The molecule has 4 rings (SSSR count). The zero-order valence-electron chi connectivity index (χ0n) is 14.5. The van der Waals surface area contributed by atoms with Crippen LogP contribution in [0.2, 0.25) is 0 Å². The van der Waals surface area contributed by atoms with Gasteiger partial charge in [0.05, 0.1) is 13.0 Å². The van der Waals surface area contributed by atoms with Gasteiger partial charge in [-0.2, -0.15) is 0 Å². The highest BCUT2D eigenvalue weighted by molar-refractivity contribution is 5.89. The van der Waals surface area contributed by atoms with Crippen molar-refractivity contribution in [3.05, 3.63) is 65.2 Å². The molecule has 0 saturated carbocycles. The molecule has 0 radical (unpaired) electrons. The molecule has 0 spiro atoms. The molecule has 2 nitrogen and oxygen atoms in total. The molecule has 0 amide bonds. The molecule has 1 saturated heterocycles. The van der Waals surface area contributed by atoms with Crippen LogP contribution in [-0.2, 0) is 12.8 Å². The summed E-state index contributed by atoms with van der Waals surface area (Å²) < 4.78 is 8.11. The van der Waals surface area contributed by atoms with Crippen molar-refractivity contribution in [2.24, 2.45) is 0 Å². The van der Waals surface area contributed by atoms with E-state index in [0.717, 1.165) is 18.6 Å². The van der Waals surface area contributed by atoms with Crippen molar-refractivity contribution >= 4 is 5.71 Å². The molecule has 2 heteroatoms. The summed E-state index contributed by atoms with van der Waals surface area (Å²) in [6, 6.07) is 17.6. The molecule has 2 aromatic carbocycles. The van der Waals surface area contributed by atoms with Crippen molar-refractivity contribution in [3.8, 4) is 5.75 Å². The summed E-state index contributed by atoms with van der Waals surface area (Å²) in [5.41, 5.74) is 6.07. The maximum atomic E-state index is 5.44. The molecule has 1 aliphatic carbocycles. The molecule has 1 heterocycles. The largest absolute Gasteiger partial charge is 0.497 e. The van der Waals surface area contributed by atoms with Crippen molar-refractivity contribution in [2.45, 2.75) is 38.0 Å². The Balaban J connectivity index is 1.75. The molecule has 2 aromatic rings. The van der Waals surface area contributed by atoms with Crippen LogP contribution in [0.3, 0.4) is 0 Å². The number of ether oxygens (including phenoxy) is 1. The van der Waals surface area contributed by atoms with Gasteiger partial charge >= 0.3 is 0 Å². The monoisotopic (exact) mass is 320 g/mol. The smallest absolute Gasteiger partial charge is 0.160 e. The van der Waals surface area contributed by atoms with Gasteiger partial charge in [-0.25, -0.2) is 4.58 Å². The first kappa shape index (κ1) is 15.4. The van der Waals surface area contributed by atoms with E-state index in [0.29, 0.717) is 5.92 Å². The molecule has 0 aromatic heterocycles. The number of hydrogen-bond acceptors (Lipinski definition) is 1. The van der Waals surface area contributed by atoms with Crippen molar-refractivity contribution in [2.75, 3.05) is 20.2 Å². The van der Waals surface area contributed by atoms with Crippen molar-refractivity contribution in [3.63, 3.8) is 0 Å².